The molecule has 3 rings (SSSR count). The molecule has 1 aliphatic heterocycles. The standard InChI is InChI=1S/C22H28N2O3S/c1-18(25)20-10-12-22(13-11-20)28(26,27)24-15-6-9-21(17-24)23(2)16-14-19-7-4-3-5-8-19/h3-5,7-8,10-13,21H,6,9,14-17H2,1-2H3/t21-/m1/s1. The van der Waals surface area contributed by atoms with Crippen molar-refractivity contribution in [2.24, 2.45) is 0 Å². The average Bonchev–Trinajstić information content (AvgIpc) is 2.73. The van der Waals surface area contributed by atoms with Gasteiger partial charge in [-0.25, -0.2) is 8.42 Å². The number of piperidine rings is 1. The SMILES string of the molecule is CC(=O)c1ccc(S(=O)(=O)N2CCC[C@@H](N(C)CCc3ccccc3)C2)cc1. The number of carbonyl (C=O) groups is 1. The van der Waals surface area contributed by atoms with Crippen LogP contribution in [-0.2, 0) is 16.4 Å². The molecule has 1 saturated heterocycles. The monoisotopic (exact) mass is 400 g/mol. The summed E-state index contributed by atoms with van der Waals surface area (Å²) >= 11 is 0. The van der Waals surface area contributed by atoms with E-state index in [9.17, 15) is 13.2 Å². The van der Waals surface area contributed by atoms with E-state index < -0.39 is 10.0 Å². The molecule has 0 unspecified atom stereocenters. The van der Waals surface area contributed by atoms with E-state index in [-0.39, 0.29) is 16.7 Å². The zero-order valence-corrected chi connectivity index (χ0v) is 17.4. The molecule has 0 N–H and O–H groups in total. The highest BCUT2D eigenvalue weighted by Gasteiger charge is 2.31. The number of hydrogen-bond donors (Lipinski definition) is 0. The minimum atomic E-state index is -3.54. The number of carbonyl (C=O) groups excluding carboxylic acids is 1. The molecule has 2 aromatic carbocycles. The van der Waals surface area contributed by atoms with Gasteiger partial charge in [-0.3, -0.25) is 4.79 Å². The average molecular weight is 401 g/mol. The Morgan fingerprint density at radius 2 is 1.79 bits per heavy atom. The molecule has 0 saturated carbocycles. The molecule has 1 fully saturated rings. The second-order valence-corrected chi connectivity index (χ2v) is 9.39. The molecule has 0 aliphatic carbocycles. The zero-order chi connectivity index (χ0) is 20.1. The molecule has 0 amide bonds. The van der Waals surface area contributed by atoms with Crippen LogP contribution in [0.25, 0.3) is 0 Å². The Hall–Kier alpha value is -2.02. The number of nitrogens with zero attached hydrogens (tertiary/aromatic N) is 2. The summed E-state index contributed by atoms with van der Waals surface area (Å²) in [7, 11) is -1.47. The Balaban J connectivity index is 1.65. The van der Waals surface area contributed by atoms with Gasteiger partial charge in [-0.2, -0.15) is 4.31 Å². The number of Topliss-reactive ketones (excluding diaryl/α,β-unsaturated/α-hetero) is 1. The Labute approximate surface area is 168 Å². The van der Waals surface area contributed by atoms with E-state index in [0.717, 1.165) is 25.8 Å². The molecule has 1 aliphatic rings. The van der Waals surface area contributed by atoms with E-state index >= 15 is 0 Å². The number of hydrogen-bond acceptors (Lipinski definition) is 4. The van der Waals surface area contributed by atoms with Crippen LogP contribution >= 0.6 is 0 Å². The fourth-order valence-corrected chi connectivity index (χ4v) is 5.16. The van der Waals surface area contributed by atoms with Gasteiger partial charge in [0.15, 0.2) is 5.78 Å². The molecule has 2 aromatic rings. The molecule has 0 radical (unpaired) electrons. The first kappa shape index (κ1) is 20.7. The number of likely N-dealkylation sites (N-methyl/N-ethyl adjacent to an activating group) is 1. The Morgan fingerprint density at radius 1 is 1.11 bits per heavy atom. The summed E-state index contributed by atoms with van der Waals surface area (Å²) in [4.78, 5) is 14.0. The van der Waals surface area contributed by atoms with Gasteiger partial charge in [0.25, 0.3) is 0 Å². The number of sulfonamides is 1. The quantitative estimate of drug-likeness (QED) is 0.670. The third kappa shape index (κ3) is 4.87. The number of benzene rings is 2. The smallest absolute Gasteiger partial charge is 0.243 e. The molecule has 6 heteroatoms. The summed E-state index contributed by atoms with van der Waals surface area (Å²) in [5, 5.41) is 0. The minimum absolute atomic E-state index is 0.0676. The van der Waals surface area contributed by atoms with Crippen LogP contribution < -0.4 is 0 Å². The fourth-order valence-electron chi connectivity index (χ4n) is 3.64. The van der Waals surface area contributed by atoms with Gasteiger partial charge in [0, 0.05) is 31.2 Å². The van der Waals surface area contributed by atoms with Gasteiger partial charge in [-0.15, -0.1) is 0 Å². The van der Waals surface area contributed by atoms with Gasteiger partial charge in [0.05, 0.1) is 4.90 Å². The first-order valence-electron chi connectivity index (χ1n) is 9.73. The van der Waals surface area contributed by atoms with Crippen LogP contribution in [0.3, 0.4) is 0 Å². The molecule has 0 bridgehead atoms. The summed E-state index contributed by atoms with van der Waals surface area (Å²) in [6.45, 7) is 3.42. The van der Waals surface area contributed by atoms with E-state index in [1.165, 1.54) is 24.6 Å². The summed E-state index contributed by atoms with van der Waals surface area (Å²) < 4.78 is 27.7. The van der Waals surface area contributed by atoms with Crippen molar-refractivity contribution in [2.45, 2.75) is 37.1 Å². The van der Waals surface area contributed by atoms with Crippen LogP contribution in [0, 0.1) is 0 Å². The van der Waals surface area contributed by atoms with Crippen molar-refractivity contribution in [3.63, 3.8) is 0 Å². The van der Waals surface area contributed by atoms with Gasteiger partial charge in [-0.05, 0) is 50.9 Å². The van der Waals surface area contributed by atoms with Crippen molar-refractivity contribution in [1.82, 2.24) is 9.21 Å². The zero-order valence-electron chi connectivity index (χ0n) is 16.5. The third-order valence-electron chi connectivity index (χ3n) is 5.48. The largest absolute Gasteiger partial charge is 0.302 e. The number of ketones is 1. The van der Waals surface area contributed by atoms with Crippen molar-refractivity contribution < 1.29 is 13.2 Å². The van der Waals surface area contributed by atoms with E-state index in [1.807, 2.05) is 18.2 Å². The van der Waals surface area contributed by atoms with E-state index in [4.69, 9.17) is 0 Å². The lowest BCUT2D eigenvalue weighted by atomic mass is 10.1. The fraction of sp³-hybridized carbons (Fsp3) is 0.409. The first-order valence-corrected chi connectivity index (χ1v) is 11.2. The van der Waals surface area contributed by atoms with Gasteiger partial charge >= 0.3 is 0 Å². The van der Waals surface area contributed by atoms with Crippen molar-refractivity contribution in [3.8, 4) is 0 Å². The molecular formula is C22H28N2O3S. The van der Waals surface area contributed by atoms with Crippen molar-refractivity contribution in [2.75, 3.05) is 26.7 Å². The van der Waals surface area contributed by atoms with Crippen molar-refractivity contribution in [1.29, 1.82) is 0 Å². The maximum Gasteiger partial charge on any atom is 0.243 e. The van der Waals surface area contributed by atoms with Crippen molar-refractivity contribution >= 4 is 15.8 Å². The molecule has 1 atom stereocenters. The van der Waals surface area contributed by atoms with Crippen LogP contribution in [0.2, 0.25) is 0 Å². The highest BCUT2D eigenvalue weighted by atomic mass is 32.2. The lowest BCUT2D eigenvalue weighted by Gasteiger charge is -2.37. The Kier molecular flexibility index (Phi) is 6.65. The molecule has 0 aromatic heterocycles. The van der Waals surface area contributed by atoms with Crippen LogP contribution in [0.1, 0.15) is 35.7 Å². The van der Waals surface area contributed by atoms with Gasteiger partial charge in [-0.1, -0.05) is 42.5 Å². The summed E-state index contributed by atoms with van der Waals surface area (Å²) in [6, 6.07) is 16.8. The van der Waals surface area contributed by atoms with E-state index in [1.54, 1.807) is 16.4 Å². The molecule has 5 nitrogen and oxygen atoms in total. The molecule has 1 heterocycles. The summed E-state index contributed by atoms with van der Waals surface area (Å²) in [5.41, 5.74) is 1.82. The predicted octanol–water partition coefficient (Wildman–Crippen LogP) is 3.22. The van der Waals surface area contributed by atoms with E-state index in [0.29, 0.717) is 18.7 Å². The normalized spacial score (nSPS) is 18.3. The summed E-state index contributed by atoms with van der Waals surface area (Å²) in [6.07, 6.45) is 2.80. The van der Waals surface area contributed by atoms with Crippen LogP contribution in [0.4, 0.5) is 0 Å². The van der Waals surface area contributed by atoms with Crippen LogP contribution in [-0.4, -0.2) is 56.1 Å². The maximum atomic E-state index is 13.0. The van der Waals surface area contributed by atoms with Gasteiger partial charge in [0.2, 0.25) is 10.0 Å². The first-order chi connectivity index (χ1) is 13.4. The number of rotatable bonds is 7. The van der Waals surface area contributed by atoms with Crippen molar-refractivity contribution in [3.05, 3.63) is 65.7 Å². The summed E-state index contributed by atoms with van der Waals surface area (Å²) in [5.74, 6) is -0.0676. The van der Waals surface area contributed by atoms with Crippen LogP contribution in [0.15, 0.2) is 59.5 Å². The van der Waals surface area contributed by atoms with Gasteiger partial charge < -0.3 is 4.90 Å². The topological polar surface area (TPSA) is 57.7 Å². The van der Waals surface area contributed by atoms with Gasteiger partial charge in [0.1, 0.15) is 0 Å². The molecular weight excluding hydrogens is 372 g/mol. The minimum Gasteiger partial charge on any atom is -0.302 e. The second-order valence-electron chi connectivity index (χ2n) is 7.46. The molecule has 0 spiro atoms. The Bertz CT molecular complexity index is 895. The lowest BCUT2D eigenvalue weighted by molar-refractivity contribution is 0.101. The second kappa shape index (κ2) is 8.99. The predicted molar refractivity (Wildman–Crippen MR) is 111 cm³/mol. The highest BCUT2D eigenvalue weighted by molar-refractivity contribution is 7.89. The lowest BCUT2D eigenvalue weighted by Crippen LogP contribution is -2.48. The molecule has 150 valence electrons. The highest BCUT2D eigenvalue weighted by Crippen LogP contribution is 2.23. The van der Waals surface area contributed by atoms with E-state index in [2.05, 4.69) is 24.1 Å². The molecule has 28 heavy (non-hydrogen) atoms. The maximum absolute atomic E-state index is 13.0. The van der Waals surface area contributed by atoms with Crippen LogP contribution in [0.5, 0.6) is 0 Å². The third-order valence-corrected chi connectivity index (χ3v) is 7.36. The Morgan fingerprint density at radius 3 is 2.43 bits per heavy atom.